The number of thiophene rings is 1. The van der Waals surface area contributed by atoms with E-state index in [4.69, 9.17) is 4.74 Å². The third-order valence-corrected chi connectivity index (χ3v) is 6.27. The first-order chi connectivity index (χ1) is 15.3. The van der Waals surface area contributed by atoms with E-state index >= 15 is 0 Å². The van der Waals surface area contributed by atoms with Gasteiger partial charge in [0, 0.05) is 23.5 Å². The summed E-state index contributed by atoms with van der Waals surface area (Å²) in [7, 11) is 0. The number of ether oxygens (including phenoxy) is 1. The number of alkyl halides is 6. The molecule has 1 N–H and O–H groups in total. The molecule has 3 rings (SSSR count). The number of esters is 1. The molecule has 0 aliphatic carbocycles. The van der Waals surface area contributed by atoms with E-state index in [0.29, 0.717) is 37.2 Å². The van der Waals surface area contributed by atoms with Crippen LogP contribution in [0.1, 0.15) is 56.1 Å². The predicted molar refractivity (Wildman–Crippen MR) is 117 cm³/mol. The lowest BCUT2D eigenvalue weighted by Gasteiger charge is -2.25. The van der Waals surface area contributed by atoms with Crippen LogP contribution in [0.5, 0.6) is 0 Å². The third-order valence-electron chi connectivity index (χ3n) is 5.14. The highest BCUT2D eigenvalue weighted by atomic mass is 35.5. The Morgan fingerprint density at radius 2 is 1.65 bits per heavy atom. The summed E-state index contributed by atoms with van der Waals surface area (Å²) in [5, 5.41) is 2.37. The molecule has 188 valence electrons. The zero-order valence-electron chi connectivity index (χ0n) is 18.0. The van der Waals surface area contributed by atoms with E-state index < -0.39 is 40.9 Å². The van der Waals surface area contributed by atoms with Gasteiger partial charge in [-0.2, -0.15) is 26.3 Å². The Bertz CT molecular complexity index is 1040. The van der Waals surface area contributed by atoms with Gasteiger partial charge in [-0.3, -0.25) is 9.69 Å². The highest BCUT2D eigenvalue weighted by molar-refractivity contribution is 7.17. The maximum atomic E-state index is 13.1. The summed E-state index contributed by atoms with van der Waals surface area (Å²) in [6.07, 6.45) is -9.68. The van der Waals surface area contributed by atoms with Gasteiger partial charge in [-0.25, -0.2) is 4.79 Å². The van der Waals surface area contributed by atoms with Crippen molar-refractivity contribution < 1.29 is 40.7 Å². The number of likely N-dealkylation sites (N-methyl/N-ethyl adjacent to an activating group) is 1. The highest BCUT2D eigenvalue weighted by Gasteiger charge is 2.38. The lowest BCUT2D eigenvalue weighted by atomic mass is 10.0. The molecule has 0 saturated heterocycles. The predicted octanol–water partition coefficient (Wildman–Crippen LogP) is 6.01. The number of rotatable bonds is 5. The van der Waals surface area contributed by atoms with E-state index in [1.165, 1.54) is 0 Å². The Hall–Kier alpha value is -2.31. The number of hydrogen-bond acceptors (Lipinski definition) is 5. The molecule has 0 bridgehead atoms. The summed E-state index contributed by atoms with van der Waals surface area (Å²) in [6.45, 7) is 5.51. The van der Waals surface area contributed by atoms with Crippen molar-refractivity contribution in [2.24, 2.45) is 0 Å². The number of hydrogen-bond donors (Lipinski definition) is 1. The molecular weight excluding hydrogens is 510 g/mol. The number of benzene rings is 1. The van der Waals surface area contributed by atoms with Gasteiger partial charge in [-0.15, -0.1) is 23.7 Å². The van der Waals surface area contributed by atoms with Crippen LogP contribution in [0, 0.1) is 0 Å². The van der Waals surface area contributed by atoms with Crippen LogP contribution < -0.4 is 5.32 Å². The molecule has 1 aliphatic heterocycles. The number of halogens is 7. The number of anilines is 1. The number of nitrogens with one attached hydrogen (secondary N) is 1. The van der Waals surface area contributed by atoms with Crippen LogP contribution in [0.3, 0.4) is 0 Å². The Labute approximate surface area is 201 Å². The molecule has 0 unspecified atom stereocenters. The second-order valence-corrected chi connectivity index (χ2v) is 8.40. The Morgan fingerprint density at radius 3 is 2.15 bits per heavy atom. The molecule has 1 aromatic heterocycles. The third kappa shape index (κ3) is 6.02. The fourth-order valence-electron chi connectivity index (χ4n) is 3.49. The van der Waals surface area contributed by atoms with E-state index in [1.807, 2.05) is 6.92 Å². The SMILES string of the molecule is CCOC(=O)c1c(NC(=O)c2cc(C(F)(F)F)cc(C(F)(F)F)c2)sc2c1CCN(CC)C2.Cl. The molecule has 1 aliphatic rings. The van der Waals surface area contributed by atoms with Crippen molar-refractivity contribution in [2.75, 3.05) is 25.0 Å². The Kier molecular flexibility index (Phi) is 8.65. The maximum Gasteiger partial charge on any atom is 0.416 e. The normalized spacial score (nSPS) is 14.2. The second kappa shape index (κ2) is 10.5. The number of fused-ring (bicyclic) bond motifs is 1. The van der Waals surface area contributed by atoms with Crippen LogP contribution in [-0.4, -0.2) is 36.5 Å². The van der Waals surface area contributed by atoms with Crippen LogP contribution in [0.15, 0.2) is 18.2 Å². The summed E-state index contributed by atoms with van der Waals surface area (Å²) < 4.78 is 83.9. The maximum absolute atomic E-state index is 13.1. The van der Waals surface area contributed by atoms with Crippen molar-refractivity contribution in [2.45, 2.75) is 39.2 Å². The van der Waals surface area contributed by atoms with Crippen molar-refractivity contribution >= 4 is 40.6 Å². The number of carbonyl (C=O) groups is 2. The largest absolute Gasteiger partial charge is 0.462 e. The molecule has 1 aromatic carbocycles. The van der Waals surface area contributed by atoms with Gasteiger partial charge in [-0.05, 0) is 43.7 Å². The van der Waals surface area contributed by atoms with Gasteiger partial charge in [0.25, 0.3) is 5.91 Å². The molecule has 0 saturated carbocycles. The average molecular weight is 531 g/mol. The van der Waals surface area contributed by atoms with Crippen LogP contribution in [-0.2, 0) is 30.1 Å². The van der Waals surface area contributed by atoms with Crippen molar-refractivity contribution in [1.29, 1.82) is 0 Å². The minimum Gasteiger partial charge on any atom is -0.462 e. The topological polar surface area (TPSA) is 58.6 Å². The first kappa shape index (κ1) is 27.9. The van der Waals surface area contributed by atoms with Crippen LogP contribution in [0.25, 0.3) is 0 Å². The zero-order valence-corrected chi connectivity index (χ0v) is 19.7. The first-order valence-electron chi connectivity index (χ1n) is 10.00. The van der Waals surface area contributed by atoms with E-state index in [2.05, 4.69) is 10.2 Å². The molecule has 2 aromatic rings. The van der Waals surface area contributed by atoms with Gasteiger partial charge in [0.15, 0.2) is 0 Å². The highest BCUT2D eigenvalue weighted by Crippen LogP contribution is 2.39. The van der Waals surface area contributed by atoms with Gasteiger partial charge in [0.1, 0.15) is 5.00 Å². The van der Waals surface area contributed by atoms with Crippen LogP contribution in [0.2, 0.25) is 0 Å². The average Bonchev–Trinajstić information content (AvgIpc) is 3.09. The molecule has 0 radical (unpaired) electrons. The number of nitrogens with zero attached hydrogens (tertiary/aromatic N) is 1. The summed E-state index contributed by atoms with van der Waals surface area (Å²) >= 11 is 1.06. The van der Waals surface area contributed by atoms with Crippen LogP contribution >= 0.6 is 23.7 Å². The monoisotopic (exact) mass is 530 g/mol. The zero-order chi connectivity index (χ0) is 24.6. The molecule has 2 heterocycles. The molecule has 0 fully saturated rings. The number of amides is 1. The minimum absolute atomic E-state index is 0. The smallest absolute Gasteiger partial charge is 0.416 e. The van der Waals surface area contributed by atoms with E-state index in [-0.39, 0.29) is 35.6 Å². The molecule has 34 heavy (non-hydrogen) atoms. The van der Waals surface area contributed by atoms with Crippen molar-refractivity contribution in [3.63, 3.8) is 0 Å². The van der Waals surface area contributed by atoms with Gasteiger partial charge in [0.2, 0.25) is 0 Å². The fourth-order valence-corrected chi connectivity index (χ4v) is 4.77. The van der Waals surface area contributed by atoms with Crippen molar-refractivity contribution in [3.8, 4) is 0 Å². The molecule has 0 atom stereocenters. The molecular formula is C21H21ClF6N2O3S. The fraction of sp³-hybridized carbons (Fsp3) is 0.429. The number of carbonyl (C=O) groups excluding carboxylic acids is 2. The van der Waals surface area contributed by atoms with E-state index in [9.17, 15) is 35.9 Å². The summed E-state index contributed by atoms with van der Waals surface area (Å²) in [4.78, 5) is 28.2. The molecule has 0 spiro atoms. The van der Waals surface area contributed by atoms with Gasteiger partial charge in [-0.1, -0.05) is 6.92 Å². The summed E-state index contributed by atoms with van der Waals surface area (Å²) in [6, 6.07) is 0.645. The van der Waals surface area contributed by atoms with E-state index in [1.54, 1.807) is 6.92 Å². The van der Waals surface area contributed by atoms with Gasteiger partial charge < -0.3 is 10.1 Å². The second-order valence-electron chi connectivity index (χ2n) is 7.30. The Balaban J connectivity index is 0.00000408. The first-order valence-corrected chi connectivity index (χ1v) is 10.8. The molecule has 13 heteroatoms. The minimum atomic E-state index is -5.09. The Morgan fingerprint density at radius 1 is 1.06 bits per heavy atom. The van der Waals surface area contributed by atoms with Crippen molar-refractivity contribution in [3.05, 3.63) is 50.9 Å². The summed E-state index contributed by atoms with van der Waals surface area (Å²) in [5.74, 6) is -1.90. The van der Waals surface area contributed by atoms with E-state index in [0.717, 1.165) is 22.8 Å². The summed E-state index contributed by atoms with van der Waals surface area (Å²) in [5.41, 5.74) is -3.27. The lowest BCUT2D eigenvalue weighted by molar-refractivity contribution is -0.143. The van der Waals surface area contributed by atoms with Gasteiger partial charge in [0.05, 0.1) is 23.3 Å². The van der Waals surface area contributed by atoms with Crippen molar-refractivity contribution in [1.82, 2.24) is 4.90 Å². The quantitative estimate of drug-likeness (QED) is 0.380. The molecule has 1 amide bonds. The van der Waals surface area contributed by atoms with Crippen LogP contribution in [0.4, 0.5) is 31.3 Å². The standard InChI is InChI=1S/C21H20F6N2O3S.ClH/c1-3-29-6-5-14-15(10-29)33-18(16(14)19(31)32-4-2)28-17(30)11-7-12(20(22,23)24)9-13(8-11)21(25,26)27;/h7-9H,3-6,10H2,1-2H3,(H,28,30);1H. The van der Waals surface area contributed by atoms with Gasteiger partial charge >= 0.3 is 18.3 Å². The molecule has 5 nitrogen and oxygen atoms in total. The lowest BCUT2D eigenvalue weighted by Crippen LogP contribution is -2.30.